The van der Waals surface area contributed by atoms with Gasteiger partial charge in [-0.1, -0.05) is 20.8 Å². The fraction of sp³-hybridized carbons (Fsp3) is 0.929. The third-order valence-corrected chi connectivity index (χ3v) is 2.98. The van der Waals surface area contributed by atoms with Gasteiger partial charge in [0.15, 0.2) is 0 Å². The van der Waals surface area contributed by atoms with Gasteiger partial charge in [0.2, 0.25) is 0 Å². The highest BCUT2D eigenvalue weighted by Crippen LogP contribution is 2.30. The summed E-state index contributed by atoms with van der Waals surface area (Å²) < 4.78 is 5.39. The van der Waals surface area contributed by atoms with Crippen molar-refractivity contribution in [1.29, 1.82) is 0 Å². The van der Waals surface area contributed by atoms with Gasteiger partial charge in [-0.05, 0) is 39.0 Å². The summed E-state index contributed by atoms with van der Waals surface area (Å²) in [7, 11) is 0. The molecule has 1 amide bonds. The minimum absolute atomic E-state index is 0.227. The van der Waals surface area contributed by atoms with Gasteiger partial charge in [0.1, 0.15) is 5.60 Å². The molecule has 18 heavy (non-hydrogen) atoms. The Morgan fingerprint density at radius 2 is 1.78 bits per heavy atom. The topological polar surface area (TPSA) is 49.8 Å². The third kappa shape index (κ3) is 4.84. The Bertz CT molecular complexity index is 297. The Morgan fingerprint density at radius 1 is 1.28 bits per heavy atom. The van der Waals surface area contributed by atoms with Gasteiger partial charge >= 0.3 is 6.09 Å². The van der Waals surface area contributed by atoms with Crippen LogP contribution in [0.25, 0.3) is 0 Å². The number of ether oxygens (including phenoxy) is 1. The lowest BCUT2D eigenvalue weighted by molar-refractivity contribution is -0.00578. The first-order valence-corrected chi connectivity index (χ1v) is 6.68. The Morgan fingerprint density at radius 3 is 2.11 bits per heavy atom. The van der Waals surface area contributed by atoms with Crippen molar-refractivity contribution in [2.24, 2.45) is 5.41 Å². The molecular weight excluding hydrogens is 230 g/mol. The van der Waals surface area contributed by atoms with E-state index in [2.05, 4.69) is 0 Å². The van der Waals surface area contributed by atoms with Crippen LogP contribution in [0.4, 0.5) is 4.79 Å². The van der Waals surface area contributed by atoms with Gasteiger partial charge in [0.25, 0.3) is 0 Å². The Hall–Kier alpha value is -0.770. The second kappa shape index (κ2) is 5.08. The van der Waals surface area contributed by atoms with Crippen LogP contribution in [-0.2, 0) is 4.74 Å². The number of rotatable bonds is 3. The standard InChI is InChI=1S/C14H27NO3/c1-13(2,3)11(16)9-15(10-7-8-10)12(17)18-14(4,5)6/h10-11,16H,7-9H2,1-6H3. The lowest BCUT2D eigenvalue weighted by Crippen LogP contribution is -2.45. The first kappa shape index (κ1) is 15.3. The second-order valence-corrected chi connectivity index (χ2v) is 7.25. The van der Waals surface area contributed by atoms with Crippen molar-refractivity contribution < 1.29 is 14.6 Å². The van der Waals surface area contributed by atoms with Crippen molar-refractivity contribution in [1.82, 2.24) is 4.90 Å². The molecule has 1 unspecified atom stereocenters. The fourth-order valence-corrected chi connectivity index (χ4v) is 1.54. The number of hydrogen-bond donors (Lipinski definition) is 1. The van der Waals surface area contributed by atoms with Crippen LogP contribution >= 0.6 is 0 Å². The smallest absolute Gasteiger partial charge is 0.410 e. The molecule has 4 nitrogen and oxygen atoms in total. The molecule has 0 aromatic carbocycles. The van der Waals surface area contributed by atoms with E-state index in [9.17, 15) is 9.90 Å². The van der Waals surface area contributed by atoms with Crippen LogP contribution in [0, 0.1) is 5.41 Å². The number of nitrogens with zero attached hydrogens (tertiary/aromatic N) is 1. The molecule has 106 valence electrons. The molecule has 0 aromatic heterocycles. The minimum Gasteiger partial charge on any atom is -0.444 e. The number of amides is 1. The van der Waals surface area contributed by atoms with E-state index in [1.807, 2.05) is 41.5 Å². The van der Waals surface area contributed by atoms with Gasteiger partial charge in [-0.15, -0.1) is 0 Å². The zero-order valence-corrected chi connectivity index (χ0v) is 12.5. The van der Waals surface area contributed by atoms with E-state index in [0.29, 0.717) is 6.54 Å². The SMILES string of the molecule is CC(C)(C)OC(=O)N(CC(O)C(C)(C)C)C1CC1. The van der Waals surface area contributed by atoms with Crippen LogP contribution in [0.3, 0.4) is 0 Å². The van der Waals surface area contributed by atoms with Crippen molar-refractivity contribution in [3.63, 3.8) is 0 Å². The van der Waals surface area contributed by atoms with E-state index in [1.165, 1.54) is 0 Å². The molecule has 1 aliphatic carbocycles. The third-order valence-electron chi connectivity index (χ3n) is 2.98. The van der Waals surface area contributed by atoms with Crippen LogP contribution in [0.2, 0.25) is 0 Å². The van der Waals surface area contributed by atoms with E-state index in [1.54, 1.807) is 4.90 Å². The molecule has 1 saturated carbocycles. The van der Waals surface area contributed by atoms with Gasteiger partial charge in [-0.3, -0.25) is 0 Å². The van der Waals surface area contributed by atoms with Crippen LogP contribution in [0.5, 0.6) is 0 Å². The zero-order chi connectivity index (χ0) is 14.1. The normalized spacial score (nSPS) is 18.4. The molecule has 1 aliphatic rings. The predicted octanol–water partition coefficient (Wildman–Crippen LogP) is 2.79. The molecule has 1 rings (SSSR count). The molecular formula is C14H27NO3. The summed E-state index contributed by atoms with van der Waals surface area (Å²) in [5, 5.41) is 10.1. The maximum absolute atomic E-state index is 12.1. The predicted molar refractivity (Wildman–Crippen MR) is 71.4 cm³/mol. The molecule has 0 spiro atoms. The average Bonchev–Trinajstić information content (AvgIpc) is 2.91. The summed E-state index contributed by atoms with van der Waals surface area (Å²) in [6.45, 7) is 11.8. The summed E-state index contributed by atoms with van der Waals surface area (Å²) in [6, 6.07) is 0.247. The second-order valence-electron chi connectivity index (χ2n) is 7.25. The molecule has 1 fully saturated rings. The fourth-order valence-electron chi connectivity index (χ4n) is 1.54. The molecule has 1 atom stereocenters. The quantitative estimate of drug-likeness (QED) is 0.845. The van der Waals surface area contributed by atoms with Crippen molar-refractivity contribution in [3.8, 4) is 0 Å². The maximum atomic E-state index is 12.1. The molecule has 0 aromatic rings. The van der Waals surface area contributed by atoms with Crippen molar-refractivity contribution in [2.75, 3.05) is 6.54 Å². The van der Waals surface area contributed by atoms with Gasteiger partial charge in [-0.2, -0.15) is 0 Å². The summed E-state index contributed by atoms with van der Waals surface area (Å²) >= 11 is 0. The average molecular weight is 257 g/mol. The Balaban J connectivity index is 2.63. The Labute approximate surface area is 110 Å². The highest BCUT2D eigenvalue weighted by Gasteiger charge is 2.38. The van der Waals surface area contributed by atoms with E-state index >= 15 is 0 Å². The van der Waals surface area contributed by atoms with E-state index < -0.39 is 11.7 Å². The van der Waals surface area contributed by atoms with Gasteiger partial charge in [0, 0.05) is 6.04 Å². The van der Waals surface area contributed by atoms with E-state index in [0.717, 1.165) is 12.8 Å². The lowest BCUT2D eigenvalue weighted by Gasteiger charge is -2.33. The van der Waals surface area contributed by atoms with E-state index in [-0.39, 0.29) is 17.6 Å². The summed E-state index contributed by atoms with van der Waals surface area (Å²) in [5.41, 5.74) is -0.716. The van der Waals surface area contributed by atoms with Gasteiger partial charge in [-0.25, -0.2) is 4.79 Å². The van der Waals surface area contributed by atoms with Crippen LogP contribution in [-0.4, -0.2) is 40.4 Å². The number of hydrogen-bond acceptors (Lipinski definition) is 3. The first-order valence-electron chi connectivity index (χ1n) is 6.68. The van der Waals surface area contributed by atoms with Crippen LogP contribution in [0.1, 0.15) is 54.4 Å². The summed E-state index contributed by atoms with van der Waals surface area (Å²) in [4.78, 5) is 13.8. The molecule has 0 aliphatic heterocycles. The number of carbonyl (C=O) groups is 1. The molecule has 0 heterocycles. The first-order chi connectivity index (χ1) is 8.00. The summed E-state index contributed by atoms with van der Waals surface area (Å²) in [5.74, 6) is 0. The number of aliphatic hydroxyl groups is 1. The highest BCUT2D eigenvalue weighted by atomic mass is 16.6. The van der Waals surface area contributed by atoms with Gasteiger partial charge < -0.3 is 14.7 Å². The molecule has 0 bridgehead atoms. The van der Waals surface area contributed by atoms with Gasteiger partial charge in [0.05, 0.1) is 12.6 Å². The maximum Gasteiger partial charge on any atom is 0.410 e. The molecule has 0 radical (unpaired) electrons. The number of aliphatic hydroxyl groups excluding tert-OH is 1. The van der Waals surface area contributed by atoms with Crippen molar-refractivity contribution in [3.05, 3.63) is 0 Å². The number of carbonyl (C=O) groups excluding carboxylic acids is 1. The summed E-state index contributed by atoms with van der Waals surface area (Å²) in [6.07, 6.45) is 1.17. The van der Waals surface area contributed by atoms with Crippen molar-refractivity contribution >= 4 is 6.09 Å². The monoisotopic (exact) mass is 257 g/mol. The highest BCUT2D eigenvalue weighted by molar-refractivity contribution is 5.69. The van der Waals surface area contributed by atoms with Crippen LogP contribution < -0.4 is 0 Å². The molecule has 0 saturated heterocycles. The van der Waals surface area contributed by atoms with Crippen molar-refractivity contribution in [2.45, 2.75) is 72.1 Å². The zero-order valence-electron chi connectivity index (χ0n) is 12.5. The van der Waals surface area contributed by atoms with Crippen LogP contribution in [0.15, 0.2) is 0 Å². The minimum atomic E-state index is -0.536. The molecule has 4 heteroatoms. The Kier molecular flexibility index (Phi) is 4.31. The molecule has 1 N–H and O–H groups in total. The largest absolute Gasteiger partial charge is 0.444 e. The lowest BCUT2D eigenvalue weighted by atomic mass is 9.89. The van der Waals surface area contributed by atoms with E-state index in [4.69, 9.17) is 4.74 Å².